The van der Waals surface area contributed by atoms with Gasteiger partial charge in [0.15, 0.2) is 0 Å². The summed E-state index contributed by atoms with van der Waals surface area (Å²) in [7, 11) is 0. The molecule has 3 N–H and O–H groups in total. The second-order valence-electron chi connectivity index (χ2n) is 7.34. The molecule has 7 heteroatoms. The fourth-order valence-corrected chi connectivity index (χ4v) is 4.01. The van der Waals surface area contributed by atoms with E-state index in [1.54, 1.807) is 11.1 Å². The summed E-state index contributed by atoms with van der Waals surface area (Å²) < 4.78 is 0. The number of aliphatic carboxylic acids is 1. The molecule has 0 aliphatic carbocycles. The third-order valence-electron chi connectivity index (χ3n) is 5.47. The Labute approximate surface area is 164 Å². The van der Waals surface area contributed by atoms with Crippen molar-refractivity contribution in [3.63, 3.8) is 0 Å². The number of amides is 2. The number of hydrogen-bond acceptors (Lipinski definition) is 3. The molecule has 1 fully saturated rings. The summed E-state index contributed by atoms with van der Waals surface area (Å²) in [6.07, 6.45) is 5.23. The average Bonchev–Trinajstić information content (AvgIpc) is 3.31. The molecule has 7 nitrogen and oxygen atoms in total. The van der Waals surface area contributed by atoms with Crippen LogP contribution in [0.1, 0.15) is 50.5 Å². The molecule has 0 bridgehead atoms. The van der Waals surface area contributed by atoms with E-state index in [0.29, 0.717) is 38.8 Å². The number of nitrogens with one attached hydrogen (secondary N) is 2. The van der Waals surface area contributed by atoms with Gasteiger partial charge in [-0.3, -0.25) is 14.4 Å². The van der Waals surface area contributed by atoms with Crippen molar-refractivity contribution >= 4 is 28.7 Å². The van der Waals surface area contributed by atoms with Gasteiger partial charge >= 0.3 is 5.97 Å². The van der Waals surface area contributed by atoms with Crippen molar-refractivity contribution in [1.29, 1.82) is 0 Å². The third kappa shape index (κ3) is 4.35. The van der Waals surface area contributed by atoms with Crippen LogP contribution in [0.5, 0.6) is 0 Å². The molecule has 1 aromatic heterocycles. The van der Waals surface area contributed by atoms with Crippen LogP contribution in [0.4, 0.5) is 0 Å². The maximum atomic E-state index is 12.3. The number of nitrogens with zero attached hydrogens (tertiary/aromatic N) is 1. The first kappa shape index (κ1) is 19.9. The van der Waals surface area contributed by atoms with Gasteiger partial charge in [-0.05, 0) is 37.3 Å². The standard InChI is InChI=1S/C21H27N3O4/c1-14(25)24-12-6-10-19(24)20(26)22-11-5-4-8-16(21(27)28)17-13-23-18-9-3-2-7-15(17)18/h2-3,7,9,13,16,19,23H,4-6,8,10-12H2,1H3,(H,22,26)(H,27,28)/t16?,19-/m0/s1. The van der Waals surface area contributed by atoms with Crippen LogP contribution < -0.4 is 5.32 Å². The van der Waals surface area contributed by atoms with Gasteiger partial charge in [-0.2, -0.15) is 0 Å². The summed E-state index contributed by atoms with van der Waals surface area (Å²) >= 11 is 0. The lowest BCUT2D eigenvalue weighted by molar-refractivity contribution is -0.139. The molecule has 0 radical (unpaired) electrons. The topological polar surface area (TPSA) is 102 Å². The lowest BCUT2D eigenvalue weighted by Gasteiger charge is -2.22. The number of likely N-dealkylation sites (tertiary alicyclic amines) is 1. The number of benzene rings is 1. The molecule has 150 valence electrons. The molecule has 0 saturated carbocycles. The van der Waals surface area contributed by atoms with Gasteiger partial charge in [-0.1, -0.05) is 24.6 Å². The van der Waals surface area contributed by atoms with E-state index in [0.717, 1.165) is 22.9 Å². The van der Waals surface area contributed by atoms with Gasteiger partial charge in [0.05, 0.1) is 5.92 Å². The number of aromatic nitrogens is 1. The number of rotatable bonds is 8. The van der Waals surface area contributed by atoms with Crippen molar-refractivity contribution in [3.05, 3.63) is 36.0 Å². The molecule has 3 rings (SSSR count). The van der Waals surface area contributed by atoms with Gasteiger partial charge in [-0.15, -0.1) is 0 Å². The number of H-pyrrole nitrogens is 1. The number of unbranched alkanes of at least 4 members (excludes halogenated alkanes) is 1. The summed E-state index contributed by atoms with van der Waals surface area (Å²) in [4.78, 5) is 40.4. The Balaban J connectivity index is 1.49. The predicted molar refractivity (Wildman–Crippen MR) is 106 cm³/mol. The van der Waals surface area contributed by atoms with Crippen molar-refractivity contribution < 1.29 is 19.5 Å². The normalized spacial score (nSPS) is 17.6. The predicted octanol–water partition coefficient (Wildman–Crippen LogP) is 2.63. The van der Waals surface area contributed by atoms with Gasteiger partial charge in [0, 0.05) is 37.1 Å². The molecule has 2 atom stereocenters. The fraction of sp³-hybridized carbons (Fsp3) is 0.476. The number of fused-ring (bicyclic) bond motifs is 1. The van der Waals surface area contributed by atoms with E-state index in [-0.39, 0.29) is 17.9 Å². The average molecular weight is 385 g/mol. The van der Waals surface area contributed by atoms with Crippen LogP contribution in [-0.2, 0) is 14.4 Å². The maximum absolute atomic E-state index is 12.3. The Morgan fingerprint density at radius 3 is 2.82 bits per heavy atom. The van der Waals surface area contributed by atoms with Crippen LogP contribution in [-0.4, -0.2) is 51.9 Å². The van der Waals surface area contributed by atoms with Crippen LogP contribution in [0.3, 0.4) is 0 Å². The van der Waals surface area contributed by atoms with Crippen LogP contribution in [0.15, 0.2) is 30.5 Å². The van der Waals surface area contributed by atoms with Crippen LogP contribution >= 0.6 is 0 Å². The quantitative estimate of drug-likeness (QED) is 0.608. The van der Waals surface area contributed by atoms with Crippen molar-refractivity contribution in [2.45, 2.75) is 51.0 Å². The second-order valence-corrected chi connectivity index (χ2v) is 7.34. The molecular formula is C21H27N3O4. The zero-order valence-corrected chi connectivity index (χ0v) is 16.1. The van der Waals surface area contributed by atoms with Crippen LogP contribution in [0.2, 0.25) is 0 Å². The largest absolute Gasteiger partial charge is 0.481 e. The Bertz CT molecular complexity index is 860. The van der Waals surface area contributed by atoms with Gasteiger partial charge in [0.2, 0.25) is 11.8 Å². The molecule has 0 spiro atoms. The first-order valence-corrected chi connectivity index (χ1v) is 9.82. The number of carbonyl (C=O) groups excluding carboxylic acids is 2. The Morgan fingerprint density at radius 2 is 2.07 bits per heavy atom. The van der Waals surface area contributed by atoms with Crippen molar-refractivity contribution in [2.75, 3.05) is 13.1 Å². The lowest BCUT2D eigenvalue weighted by atomic mass is 9.93. The smallest absolute Gasteiger partial charge is 0.311 e. The minimum atomic E-state index is -0.836. The van der Waals surface area contributed by atoms with E-state index in [2.05, 4.69) is 10.3 Å². The van der Waals surface area contributed by atoms with Crippen molar-refractivity contribution in [1.82, 2.24) is 15.2 Å². The number of aromatic amines is 1. The van der Waals surface area contributed by atoms with E-state index in [1.807, 2.05) is 24.3 Å². The molecule has 2 amide bonds. The highest BCUT2D eigenvalue weighted by atomic mass is 16.4. The van der Waals surface area contributed by atoms with Gasteiger partial charge in [0.1, 0.15) is 6.04 Å². The fourth-order valence-electron chi connectivity index (χ4n) is 4.01. The number of hydrogen-bond donors (Lipinski definition) is 3. The highest BCUT2D eigenvalue weighted by molar-refractivity contribution is 5.89. The number of para-hydroxylation sites is 1. The molecule has 2 aromatic rings. The molecular weight excluding hydrogens is 358 g/mol. The summed E-state index contributed by atoms with van der Waals surface area (Å²) in [6.45, 7) is 2.61. The first-order valence-electron chi connectivity index (χ1n) is 9.82. The highest BCUT2D eigenvalue weighted by Crippen LogP contribution is 2.29. The Hall–Kier alpha value is -2.83. The minimum absolute atomic E-state index is 0.0688. The highest BCUT2D eigenvalue weighted by Gasteiger charge is 2.32. The molecule has 28 heavy (non-hydrogen) atoms. The van der Waals surface area contributed by atoms with Gasteiger partial charge in [-0.25, -0.2) is 0 Å². The van der Waals surface area contributed by atoms with Crippen molar-refractivity contribution in [3.8, 4) is 0 Å². The second kappa shape index (κ2) is 8.91. The first-order chi connectivity index (χ1) is 13.5. The summed E-state index contributed by atoms with van der Waals surface area (Å²) in [5, 5.41) is 13.5. The zero-order valence-electron chi connectivity index (χ0n) is 16.1. The molecule has 1 aromatic carbocycles. The van der Waals surface area contributed by atoms with E-state index in [1.165, 1.54) is 6.92 Å². The molecule has 1 saturated heterocycles. The van der Waals surface area contributed by atoms with E-state index < -0.39 is 11.9 Å². The molecule has 1 aliphatic heterocycles. The molecule has 2 heterocycles. The van der Waals surface area contributed by atoms with E-state index in [9.17, 15) is 19.5 Å². The van der Waals surface area contributed by atoms with Crippen LogP contribution in [0, 0.1) is 0 Å². The van der Waals surface area contributed by atoms with Crippen molar-refractivity contribution in [2.24, 2.45) is 0 Å². The third-order valence-corrected chi connectivity index (χ3v) is 5.47. The van der Waals surface area contributed by atoms with Gasteiger partial charge < -0.3 is 20.3 Å². The molecule has 1 unspecified atom stereocenters. The minimum Gasteiger partial charge on any atom is -0.481 e. The lowest BCUT2D eigenvalue weighted by Crippen LogP contribution is -2.45. The zero-order chi connectivity index (χ0) is 20.1. The number of carboxylic acids is 1. The monoisotopic (exact) mass is 385 g/mol. The van der Waals surface area contributed by atoms with Gasteiger partial charge in [0.25, 0.3) is 0 Å². The number of carboxylic acid groups (broad SMARTS) is 1. The summed E-state index contributed by atoms with van der Waals surface area (Å²) in [6, 6.07) is 7.32. The van der Waals surface area contributed by atoms with E-state index >= 15 is 0 Å². The van der Waals surface area contributed by atoms with E-state index in [4.69, 9.17) is 0 Å². The Kier molecular flexibility index (Phi) is 6.34. The Morgan fingerprint density at radius 1 is 1.29 bits per heavy atom. The van der Waals surface area contributed by atoms with Crippen LogP contribution in [0.25, 0.3) is 10.9 Å². The molecule has 1 aliphatic rings. The SMILES string of the molecule is CC(=O)N1CCC[C@H]1C(=O)NCCCCC(C(=O)O)c1c[nH]c2ccccc12. The number of carbonyl (C=O) groups is 3. The maximum Gasteiger partial charge on any atom is 0.311 e. The summed E-state index contributed by atoms with van der Waals surface area (Å²) in [5.41, 5.74) is 1.73. The summed E-state index contributed by atoms with van der Waals surface area (Å²) in [5.74, 6) is -1.59.